The van der Waals surface area contributed by atoms with Crippen molar-refractivity contribution in [3.8, 4) is 5.75 Å². The van der Waals surface area contributed by atoms with Gasteiger partial charge in [-0.25, -0.2) is 13.8 Å². The van der Waals surface area contributed by atoms with Crippen LogP contribution in [0.25, 0.3) is 0 Å². The molecule has 7 heteroatoms. The summed E-state index contributed by atoms with van der Waals surface area (Å²) in [6, 6.07) is 5.64. The molecule has 0 aliphatic carbocycles. The first kappa shape index (κ1) is 16.0. The van der Waals surface area contributed by atoms with E-state index < -0.39 is 11.6 Å². The highest BCUT2D eigenvalue weighted by Gasteiger charge is 2.18. The molecule has 1 aromatic heterocycles. The minimum atomic E-state index is -0.490. The van der Waals surface area contributed by atoms with Crippen molar-refractivity contribution in [2.45, 2.75) is 6.61 Å². The van der Waals surface area contributed by atoms with Gasteiger partial charge in [-0.1, -0.05) is 17.7 Å². The molecule has 1 aromatic carbocycles. The number of pyridine rings is 1. The molecular formula is C16H16ClF2N3O. The van der Waals surface area contributed by atoms with E-state index >= 15 is 0 Å². The average molecular weight is 340 g/mol. The van der Waals surface area contributed by atoms with Crippen molar-refractivity contribution in [3.63, 3.8) is 0 Å². The van der Waals surface area contributed by atoms with Crippen LogP contribution in [0.5, 0.6) is 5.75 Å². The molecule has 1 aliphatic rings. The summed E-state index contributed by atoms with van der Waals surface area (Å²) < 4.78 is 33.0. The zero-order chi connectivity index (χ0) is 16.2. The van der Waals surface area contributed by atoms with Gasteiger partial charge in [-0.05, 0) is 12.1 Å². The number of aromatic nitrogens is 1. The monoisotopic (exact) mass is 339 g/mol. The summed E-state index contributed by atoms with van der Waals surface area (Å²) in [5.74, 6) is -0.0652. The zero-order valence-corrected chi connectivity index (χ0v) is 13.1. The summed E-state index contributed by atoms with van der Waals surface area (Å²) in [7, 11) is 0. The quantitative estimate of drug-likeness (QED) is 0.929. The lowest BCUT2D eigenvalue weighted by Gasteiger charge is -2.29. The van der Waals surface area contributed by atoms with Crippen molar-refractivity contribution in [1.82, 2.24) is 10.3 Å². The third-order valence-corrected chi connectivity index (χ3v) is 3.85. The van der Waals surface area contributed by atoms with Crippen molar-refractivity contribution in [1.29, 1.82) is 0 Å². The predicted octanol–water partition coefficient (Wildman–Crippen LogP) is 3.00. The van der Waals surface area contributed by atoms with Crippen LogP contribution in [0.2, 0.25) is 5.02 Å². The molecule has 0 spiro atoms. The van der Waals surface area contributed by atoms with Crippen molar-refractivity contribution in [3.05, 3.63) is 52.7 Å². The first-order valence-corrected chi connectivity index (χ1v) is 7.69. The zero-order valence-electron chi connectivity index (χ0n) is 12.4. The molecule has 1 N–H and O–H groups in total. The summed E-state index contributed by atoms with van der Waals surface area (Å²) in [6.45, 7) is 3.14. The first-order valence-electron chi connectivity index (χ1n) is 7.31. The Kier molecular flexibility index (Phi) is 4.93. The molecule has 0 unspecified atom stereocenters. The Labute approximate surface area is 138 Å². The van der Waals surface area contributed by atoms with Crippen molar-refractivity contribution < 1.29 is 13.5 Å². The summed E-state index contributed by atoms with van der Waals surface area (Å²) >= 11 is 5.73. The maximum absolute atomic E-state index is 13.8. The van der Waals surface area contributed by atoms with Crippen LogP contribution in [-0.2, 0) is 6.61 Å². The van der Waals surface area contributed by atoms with Gasteiger partial charge in [0.25, 0.3) is 0 Å². The number of rotatable bonds is 4. The minimum Gasteiger partial charge on any atom is -0.485 e. The highest BCUT2D eigenvalue weighted by Crippen LogP contribution is 2.28. The van der Waals surface area contributed by atoms with E-state index in [-0.39, 0.29) is 6.61 Å². The van der Waals surface area contributed by atoms with Gasteiger partial charge in [0.05, 0.1) is 6.20 Å². The second-order valence-electron chi connectivity index (χ2n) is 5.24. The fourth-order valence-corrected chi connectivity index (χ4v) is 2.59. The third-order valence-electron chi connectivity index (χ3n) is 3.61. The van der Waals surface area contributed by atoms with Crippen LogP contribution in [-0.4, -0.2) is 31.2 Å². The molecular weight excluding hydrogens is 324 g/mol. The molecule has 3 rings (SSSR count). The van der Waals surface area contributed by atoms with Gasteiger partial charge in [-0.3, -0.25) is 0 Å². The van der Waals surface area contributed by atoms with Crippen LogP contribution in [0.15, 0.2) is 30.5 Å². The van der Waals surface area contributed by atoms with E-state index in [2.05, 4.69) is 10.3 Å². The second-order valence-corrected chi connectivity index (χ2v) is 5.67. The highest BCUT2D eigenvalue weighted by molar-refractivity contribution is 6.30. The molecule has 1 aliphatic heterocycles. The Balaban J connectivity index is 1.79. The van der Waals surface area contributed by atoms with Crippen LogP contribution < -0.4 is 15.0 Å². The summed E-state index contributed by atoms with van der Waals surface area (Å²) in [5.41, 5.74) is 0.352. The van der Waals surface area contributed by atoms with Gasteiger partial charge in [0, 0.05) is 42.8 Å². The molecule has 0 amide bonds. The Bertz CT molecular complexity index is 693. The molecule has 1 fully saturated rings. The number of anilines is 1. The molecule has 4 nitrogen and oxygen atoms in total. The van der Waals surface area contributed by atoms with Crippen molar-refractivity contribution in [2.75, 3.05) is 31.1 Å². The summed E-state index contributed by atoms with van der Waals surface area (Å²) in [4.78, 5) is 6.15. The molecule has 2 aromatic rings. The van der Waals surface area contributed by atoms with Crippen molar-refractivity contribution >= 4 is 17.4 Å². The smallest absolute Gasteiger partial charge is 0.171 e. The number of halogens is 3. The molecule has 0 atom stereocenters. The van der Waals surface area contributed by atoms with Gasteiger partial charge in [-0.2, -0.15) is 0 Å². The molecule has 122 valence electrons. The number of piperazine rings is 1. The Hall–Kier alpha value is -1.92. The lowest BCUT2D eigenvalue weighted by Crippen LogP contribution is -2.44. The van der Waals surface area contributed by atoms with Gasteiger partial charge in [0.2, 0.25) is 0 Å². The molecule has 0 saturated carbocycles. The Morgan fingerprint density at radius 1 is 1.22 bits per heavy atom. The van der Waals surface area contributed by atoms with Gasteiger partial charge < -0.3 is 15.0 Å². The lowest BCUT2D eigenvalue weighted by atomic mass is 10.2. The van der Waals surface area contributed by atoms with Crippen LogP contribution in [0, 0.1) is 11.6 Å². The topological polar surface area (TPSA) is 37.4 Å². The summed E-state index contributed by atoms with van der Waals surface area (Å²) in [6.07, 6.45) is 1.16. The van der Waals surface area contributed by atoms with E-state index in [9.17, 15) is 8.78 Å². The number of hydrogen-bond acceptors (Lipinski definition) is 4. The number of nitrogens with zero attached hydrogens (tertiary/aromatic N) is 2. The molecule has 2 heterocycles. The molecule has 0 radical (unpaired) electrons. The van der Waals surface area contributed by atoms with E-state index in [1.807, 2.05) is 4.90 Å². The molecule has 1 saturated heterocycles. The van der Waals surface area contributed by atoms with Gasteiger partial charge >= 0.3 is 0 Å². The Morgan fingerprint density at radius 2 is 2.00 bits per heavy atom. The van der Waals surface area contributed by atoms with Crippen LogP contribution in [0.1, 0.15) is 5.56 Å². The van der Waals surface area contributed by atoms with Crippen molar-refractivity contribution in [2.24, 2.45) is 0 Å². The standard InChI is InChI=1S/C16H16ClF2N3O/c17-12-2-1-11(14(19)7-12)10-23-15-8-13(18)9-21-16(15)22-5-3-20-4-6-22/h1-2,7-9,20H,3-6,10H2. The number of ether oxygens (including phenoxy) is 1. The number of nitrogens with one attached hydrogen (secondary N) is 1. The molecule has 23 heavy (non-hydrogen) atoms. The normalized spacial score (nSPS) is 14.8. The van der Waals surface area contributed by atoms with Crippen LogP contribution >= 0.6 is 11.6 Å². The fourth-order valence-electron chi connectivity index (χ4n) is 2.43. The van der Waals surface area contributed by atoms with Gasteiger partial charge in [0.1, 0.15) is 18.2 Å². The van der Waals surface area contributed by atoms with E-state index in [4.69, 9.17) is 16.3 Å². The van der Waals surface area contributed by atoms with E-state index in [0.717, 1.165) is 32.4 Å². The van der Waals surface area contributed by atoms with E-state index in [0.29, 0.717) is 22.2 Å². The maximum Gasteiger partial charge on any atom is 0.171 e. The fraction of sp³-hybridized carbons (Fsp3) is 0.312. The number of hydrogen-bond donors (Lipinski definition) is 1. The number of benzene rings is 1. The largest absolute Gasteiger partial charge is 0.485 e. The lowest BCUT2D eigenvalue weighted by molar-refractivity contribution is 0.297. The predicted molar refractivity (Wildman–Crippen MR) is 85.0 cm³/mol. The molecule has 0 bridgehead atoms. The highest BCUT2D eigenvalue weighted by atomic mass is 35.5. The Morgan fingerprint density at radius 3 is 2.74 bits per heavy atom. The second kappa shape index (κ2) is 7.10. The first-order chi connectivity index (χ1) is 11.1. The van der Waals surface area contributed by atoms with Crippen LogP contribution in [0.3, 0.4) is 0 Å². The van der Waals surface area contributed by atoms with E-state index in [1.165, 1.54) is 12.1 Å². The van der Waals surface area contributed by atoms with Gasteiger partial charge in [-0.15, -0.1) is 0 Å². The summed E-state index contributed by atoms with van der Waals surface area (Å²) in [5, 5.41) is 3.56. The van der Waals surface area contributed by atoms with Gasteiger partial charge in [0.15, 0.2) is 11.6 Å². The van der Waals surface area contributed by atoms with E-state index in [1.54, 1.807) is 12.1 Å². The van der Waals surface area contributed by atoms with Crippen LogP contribution in [0.4, 0.5) is 14.6 Å². The average Bonchev–Trinajstić information content (AvgIpc) is 2.55. The minimum absolute atomic E-state index is 0.0206. The third kappa shape index (κ3) is 3.89. The maximum atomic E-state index is 13.8. The SMILES string of the molecule is Fc1cnc(N2CCNCC2)c(OCc2ccc(Cl)cc2F)c1.